The summed E-state index contributed by atoms with van der Waals surface area (Å²) in [5.41, 5.74) is 1.70. The first-order chi connectivity index (χ1) is 9.89. The summed E-state index contributed by atoms with van der Waals surface area (Å²) in [5, 5.41) is 11.1. The van der Waals surface area contributed by atoms with Gasteiger partial charge in [0.25, 0.3) is 5.82 Å². The minimum absolute atomic E-state index is 0.162. The van der Waals surface area contributed by atoms with Crippen molar-refractivity contribution in [3.05, 3.63) is 17.0 Å². The summed E-state index contributed by atoms with van der Waals surface area (Å²) < 4.78 is 39.8. The van der Waals surface area contributed by atoms with Crippen molar-refractivity contribution in [2.75, 3.05) is 29.5 Å². The molecule has 0 radical (unpaired) electrons. The monoisotopic (exact) mass is 317 g/mol. The SMILES string of the molecule is Cc1c(N2CCSCC2)nn2c(C(F)(F)F)nnc2c1C. The molecule has 0 N–H and O–H groups in total. The number of rotatable bonds is 1. The van der Waals surface area contributed by atoms with Crippen LogP contribution in [0.15, 0.2) is 0 Å². The zero-order valence-corrected chi connectivity index (χ0v) is 12.4. The summed E-state index contributed by atoms with van der Waals surface area (Å²) in [6.07, 6.45) is -4.57. The van der Waals surface area contributed by atoms with Gasteiger partial charge in [0.05, 0.1) is 0 Å². The van der Waals surface area contributed by atoms with Crippen LogP contribution in [0.5, 0.6) is 0 Å². The molecule has 0 unspecified atom stereocenters. The summed E-state index contributed by atoms with van der Waals surface area (Å²) in [7, 11) is 0. The first-order valence-electron chi connectivity index (χ1n) is 6.52. The zero-order chi connectivity index (χ0) is 15.2. The Balaban J connectivity index is 2.18. The lowest BCUT2D eigenvalue weighted by atomic mass is 10.1. The summed E-state index contributed by atoms with van der Waals surface area (Å²) in [6.45, 7) is 5.19. The second kappa shape index (κ2) is 5.04. The maximum Gasteiger partial charge on any atom is 0.453 e. The van der Waals surface area contributed by atoms with Gasteiger partial charge in [-0.05, 0) is 13.8 Å². The molecule has 5 nitrogen and oxygen atoms in total. The molecule has 2 aromatic heterocycles. The fraction of sp³-hybridized carbons (Fsp3) is 0.583. The van der Waals surface area contributed by atoms with Gasteiger partial charge >= 0.3 is 6.18 Å². The molecule has 1 saturated heterocycles. The highest BCUT2D eigenvalue weighted by atomic mass is 32.2. The summed E-state index contributed by atoms with van der Waals surface area (Å²) >= 11 is 1.84. The second-order valence-corrected chi connectivity index (χ2v) is 6.15. The molecule has 3 rings (SSSR count). The van der Waals surface area contributed by atoms with E-state index in [-0.39, 0.29) is 5.65 Å². The van der Waals surface area contributed by atoms with Gasteiger partial charge in [-0.2, -0.15) is 29.4 Å². The van der Waals surface area contributed by atoms with Crippen LogP contribution in [0.2, 0.25) is 0 Å². The van der Waals surface area contributed by atoms with E-state index < -0.39 is 12.0 Å². The van der Waals surface area contributed by atoms with E-state index in [1.165, 1.54) is 0 Å². The maximum atomic E-state index is 13.0. The van der Waals surface area contributed by atoms with E-state index >= 15 is 0 Å². The minimum Gasteiger partial charge on any atom is -0.353 e. The van der Waals surface area contributed by atoms with Gasteiger partial charge in [-0.15, -0.1) is 15.3 Å². The predicted octanol–water partition coefficient (Wildman–Crippen LogP) is 2.31. The lowest BCUT2D eigenvalue weighted by Crippen LogP contribution is -2.34. The van der Waals surface area contributed by atoms with Crippen LogP contribution in [0.3, 0.4) is 0 Å². The number of hydrogen-bond acceptors (Lipinski definition) is 5. The number of hydrogen-bond donors (Lipinski definition) is 0. The standard InChI is InChI=1S/C12H14F3N5S/c1-7-8(2)10(19-3-5-21-6-4-19)18-20-9(7)16-17-11(20)12(13,14)15/h3-6H2,1-2H3. The zero-order valence-electron chi connectivity index (χ0n) is 11.6. The van der Waals surface area contributed by atoms with Crippen LogP contribution in [0.25, 0.3) is 5.65 Å². The molecule has 1 aliphatic heterocycles. The molecule has 0 aromatic carbocycles. The third-order valence-corrected chi connectivity index (χ3v) is 4.58. The van der Waals surface area contributed by atoms with Gasteiger partial charge in [-0.1, -0.05) is 0 Å². The third-order valence-electron chi connectivity index (χ3n) is 3.63. The van der Waals surface area contributed by atoms with E-state index in [0.717, 1.165) is 34.7 Å². The number of halogens is 3. The van der Waals surface area contributed by atoms with Gasteiger partial charge < -0.3 is 4.90 Å². The van der Waals surface area contributed by atoms with Gasteiger partial charge in [-0.25, -0.2) is 0 Å². The van der Waals surface area contributed by atoms with E-state index in [1.807, 2.05) is 23.6 Å². The second-order valence-electron chi connectivity index (χ2n) is 4.93. The largest absolute Gasteiger partial charge is 0.453 e. The van der Waals surface area contributed by atoms with Gasteiger partial charge in [0.15, 0.2) is 11.5 Å². The molecule has 0 atom stereocenters. The predicted molar refractivity (Wildman–Crippen MR) is 74.8 cm³/mol. The molecular weight excluding hydrogens is 303 g/mol. The number of thioether (sulfide) groups is 1. The molecule has 1 fully saturated rings. The quantitative estimate of drug-likeness (QED) is 0.808. The Bertz CT molecular complexity index is 676. The van der Waals surface area contributed by atoms with Crippen LogP contribution in [0, 0.1) is 13.8 Å². The van der Waals surface area contributed by atoms with E-state index in [2.05, 4.69) is 15.3 Å². The third kappa shape index (κ3) is 2.43. The van der Waals surface area contributed by atoms with Crippen molar-refractivity contribution in [3.63, 3.8) is 0 Å². The number of nitrogens with zero attached hydrogens (tertiary/aromatic N) is 5. The number of aromatic nitrogens is 4. The number of anilines is 1. The number of fused-ring (bicyclic) bond motifs is 1. The van der Waals surface area contributed by atoms with Gasteiger partial charge in [0.2, 0.25) is 0 Å². The molecular formula is C12H14F3N5S. The Morgan fingerprint density at radius 1 is 1.05 bits per heavy atom. The molecule has 3 heterocycles. The molecule has 1 aliphatic rings. The average molecular weight is 317 g/mol. The van der Waals surface area contributed by atoms with Crippen LogP contribution in [0.1, 0.15) is 17.0 Å². The number of alkyl halides is 3. The topological polar surface area (TPSA) is 46.3 Å². The molecule has 9 heteroatoms. The smallest absolute Gasteiger partial charge is 0.353 e. The highest BCUT2D eigenvalue weighted by Gasteiger charge is 2.38. The Morgan fingerprint density at radius 3 is 2.33 bits per heavy atom. The highest BCUT2D eigenvalue weighted by molar-refractivity contribution is 7.99. The van der Waals surface area contributed by atoms with Crippen molar-refractivity contribution in [1.82, 2.24) is 19.8 Å². The Morgan fingerprint density at radius 2 is 1.71 bits per heavy atom. The lowest BCUT2D eigenvalue weighted by Gasteiger charge is -2.29. The average Bonchev–Trinajstić information content (AvgIpc) is 2.87. The van der Waals surface area contributed by atoms with E-state index in [1.54, 1.807) is 6.92 Å². The molecule has 0 saturated carbocycles. The van der Waals surface area contributed by atoms with Crippen LogP contribution < -0.4 is 4.90 Å². The lowest BCUT2D eigenvalue weighted by molar-refractivity contribution is -0.146. The first kappa shape index (κ1) is 14.4. The Labute approximate surface area is 123 Å². The molecule has 0 amide bonds. The van der Waals surface area contributed by atoms with E-state index in [4.69, 9.17) is 0 Å². The van der Waals surface area contributed by atoms with Crippen molar-refractivity contribution in [2.24, 2.45) is 0 Å². The first-order valence-corrected chi connectivity index (χ1v) is 7.67. The van der Waals surface area contributed by atoms with E-state index in [0.29, 0.717) is 11.4 Å². The molecule has 0 aliphatic carbocycles. The highest BCUT2D eigenvalue weighted by Crippen LogP contribution is 2.31. The van der Waals surface area contributed by atoms with Crippen molar-refractivity contribution in [3.8, 4) is 0 Å². The Hall–Kier alpha value is -1.51. The van der Waals surface area contributed by atoms with Crippen LogP contribution >= 0.6 is 11.8 Å². The molecule has 2 aromatic rings. The van der Waals surface area contributed by atoms with Crippen molar-refractivity contribution in [2.45, 2.75) is 20.0 Å². The summed E-state index contributed by atoms with van der Waals surface area (Å²) in [5.74, 6) is 1.41. The van der Waals surface area contributed by atoms with Gasteiger partial charge in [-0.3, -0.25) is 0 Å². The van der Waals surface area contributed by atoms with Gasteiger partial charge in [0.1, 0.15) is 0 Å². The van der Waals surface area contributed by atoms with Gasteiger partial charge in [0, 0.05) is 35.7 Å². The van der Waals surface area contributed by atoms with Crippen molar-refractivity contribution in [1.29, 1.82) is 0 Å². The minimum atomic E-state index is -4.57. The molecule has 21 heavy (non-hydrogen) atoms. The van der Waals surface area contributed by atoms with E-state index in [9.17, 15) is 13.2 Å². The maximum absolute atomic E-state index is 13.0. The van der Waals surface area contributed by atoms with Crippen LogP contribution in [0.4, 0.5) is 19.0 Å². The fourth-order valence-electron chi connectivity index (χ4n) is 2.37. The van der Waals surface area contributed by atoms with Crippen molar-refractivity contribution >= 4 is 23.2 Å². The molecule has 0 bridgehead atoms. The Kier molecular flexibility index (Phi) is 3.46. The summed E-state index contributed by atoms with van der Waals surface area (Å²) in [6, 6.07) is 0. The number of aryl methyl sites for hydroxylation is 1. The molecule has 114 valence electrons. The summed E-state index contributed by atoms with van der Waals surface area (Å²) in [4.78, 5) is 2.03. The van der Waals surface area contributed by atoms with Crippen LogP contribution in [-0.4, -0.2) is 44.4 Å². The van der Waals surface area contributed by atoms with Crippen LogP contribution in [-0.2, 0) is 6.18 Å². The molecule has 0 spiro atoms. The van der Waals surface area contributed by atoms with Crippen molar-refractivity contribution < 1.29 is 13.2 Å². The normalized spacial score (nSPS) is 16.7. The fourth-order valence-corrected chi connectivity index (χ4v) is 3.27.